The maximum atomic E-state index is 12.0. The number of nitrogens with zero attached hydrogens (tertiary/aromatic N) is 2. The summed E-state index contributed by atoms with van der Waals surface area (Å²) in [6, 6.07) is 0. The van der Waals surface area contributed by atoms with Gasteiger partial charge in [0.25, 0.3) is 5.91 Å². The Morgan fingerprint density at radius 3 is 2.58 bits per heavy atom. The van der Waals surface area contributed by atoms with Crippen molar-refractivity contribution in [2.45, 2.75) is 33.6 Å². The highest BCUT2D eigenvalue weighted by molar-refractivity contribution is 5.96. The molecule has 1 heterocycles. The largest absolute Gasteiger partial charge is 0.466 e. The predicted octanol–water partition coefficient (Wildman–Crippen LogP) is 1.11. The van der Waals surface area contributed by atoms with Gasteiger partial charge in [0.05, 0.1) is 17.9 Å². The zero-order chi connectivity index (χ0) is 14.4. The van der Waals surface area contributed by atoms with Crippen LogP contribution in [-0.4, -0.2) is 34.8 Å². The van der Waals surface area contributed by atoms with Crippen molar-refractivity contribution in [3.05, 3.63) is 17.0 Å². The molecule has 6 nitrogen and oxygen atoms in total. The molecule has 0 aliphatic heterocycles. The van der Waals surface area contributed by atoms with Crippen LogP contribution in [0.4, 0.5) is 0 Å². The lowest BCUT2D eigenvalue weighted by atomic mass is 10.2. The molecule has 0 aliphatic rings. The third-order valence-corrected chi connectivity index (χ3v) is 2.88. The summed E-state index contributed by atoms with van der Waals surface area (Å²) in [6.45, 7) is 6.27. The summed E-state index contributed by atoms with van der Waals surface area (Å²) < 4.78 is 6.49. The summed E-state index contributed by atoms with van der Waals surface area (Å²) in [4.78, 5) is 23.1. The van der Waals surface area contributed by atoms with Gasteiger partial charge in [-0.3, -0.25) is 14.3 Å². The first-order valence-electron chi connectivity index (χ1n) is 6.41. The highest BCUT2D eigenvalue weighted by Crippen LogP contribution is 2.11. The highest BCUT2D eigenvalue weighted by atomic mass is 16.5. The number of carbonyl (C=O) groups excluding carboxylic acids is 2. The summed E-state index contributed by atoms with van der Waals surface area (Å²) in [5.41, 5.74) is 2.15. The first-order valence-corrected chi connectivity index (χ1v) is 6.41. The van der Waals surface area contributed by atoms with E-state index < -0.39 is 0 Å². The van der Waals surface area contributed by atoms with Crippen LogP contribution in [0.5, 0.6) is 0 Å². The molecule has 0 aromatic carbocycles. The molecule has 1 aromatic rings. The third kappa shape index (κ3) is 4.08. The smallest absolute Gasteiger partial charge is 0.305 e. The van der Waals surface area contributed by atoms with Gasteiger partial charge in [-0.1, -0.05) is 0 Å². The molecule has 1 rings (SSSR count). The van der Waals surface area contributed by atoms with Crippen LogP contribution in [0, 0.1) is 13.8 Å². The average Bonchev–Trinajstić information content (AvgIpc) is 2.59. The van der Waals surface area contributed by atoms with Crippen molar-refractivity contribution in [2.24, 2.45) is 7.05 Å². The van der Waals surface area contributed by atoms with E-state index in [2.05, 4.69) is 10.4 Å². The van der Waals surface area contributed by atoms with Crippen molar-refractivity contribution in [3.8, 4) is 0 Å². The Morgan fingerprint density at radius 1 is 1.37 bits per heavy atom. The standard InChI is InChI=1S/C13H21N3O3/c1-5-19-11(17)7-6-8-14-13(18)12-9(2)15-16(4)10(12)3/h5-8H2,1-4H3,(H,14,18). The Morgan fingerprint density at radius 2 is 2.05 bits per heavy atom. The van der Waals surface area contributed by atoms with E-state index in [1.807, 2.05) is 6.92 Å². The molecule has 0 atom stereocenters. The van der Waals surface area contributed by atoms with Crippen molar-refractivity contribution in [2.75, 3.05) is 13.2 Å². The molecular weight excluding hydrogens is 246 g/mol. The first-order chi connectivity index (χ1) is 8.97. The monoisotopic (exact) mass is 267 g/mol. The van der Waals surface area contributed by atoms with E-state index in [0.717, 1.165) is 5.69 Å². The normalized spacial score (nSPS) is 10.3. The predicted molar refractivity (Wildman–Crippen MR) is 70.9 cm³/mol. The lowest BCUT2D eigenvalue weighted by molar-refractivity contribution is -0.143. The summed E-state index contributed by atoms with van der Waals surface area (Å²) >= 11 is 0. The minimum absolute atomic E-state index is 0.146. The molecular formula is C13H21N3O3. The Balaban J connectivity index is 2.42. The van der Waals surface area contributed by atoms with E-state index in [0.29, 0.717) is 37.3 Å². The third-order valence-electron chi connectivity index (χ3n) is 2.88. The fourth-order valence-electron chi connectivity index (χ4n) is 1.86. The number of hydrogen-bond donors (Lipinski definition) is 1. The molecule has 0 aliphatic carbocycles. The van der Waals surface area contributed by atoms with E-state index in [1.54, 1.807) is 25.6 Å². The summed E-state index contributed by atoms with van der Waals surface area (Å²) in [7, 11) is 1.81. The van der Waals surface area contributed by atoms with Crippen molar-refractivity contribution in [1.29, 1.82) is 0 Å². The second kappa shape index (κ2) is 6.92. The number of aromatic nitrogens is 2. The molecule has 1 N–H and O–H groups in total. The molecule has 0 saturated heterocycles. The molecule has 1 amide bonds. The molecule has 0 unspecified atom stereocenters. The van der Waals surface area contributed by atoms with Gasteiger partial charge in [0.1, 0.15) is 0 Å². The second-order valence-electron chi connectivity index (χ2n) is 4.33. The van der Waals surface area contributed by atoms with Gasteiger partial charge in [0.2, 0.25) is 0 Å². The zero-order valence-electron chi connectivity index (χ0n) is 11.9. The van der Waals surface area contributed by atoms with Crippen LogP contribution < -0.4 is 5.32 Å². The Labute approximate surface area is 113 Å². The molecule has 0 spiro atoms. The average molecular weight is 267 g/mol. The van der Waals surface area contributed by atoms with Gasteiger partial charge in [-0.05, 0) is 27.2 Å². The van der Waals surface area contributed by atoms with E-state index in [1.165, 1.54) is 0 Å². The van der Waals surface area contributed by atoms with Gasteiger partial charge in [-0.2, -0.15) is 5.10 Å². The number of hydrogen-bond acceptors (Lipinski definition) is 4. The molecule has 0 fully saturated rings. The van der Waals surface area contributed by atoms with E-state index >= 15 is 0 Å². The molecule has 106 valence electrons. The SMILES string of the molecule is CCOC(=O)CCCNC(=O)c1c(C)nn(C)c1C. The Hall–Kier alpha value is -1.85. The topological polar surface area (TPSA) is 73.2 Å². The second-order valence-corrected chi connectivity index (χ2v) is 4.33. The maximum Gasteiger partial charge on any atom is 0.305 e. The van der Waals surface area contributed by atoms with Crippen molar-refractivity contribution < 1.29 is 14.3 Å². The summed E-state index contributed by atoms with van der Waals surface area (Å²) in [5, 5.41) is 6.99. The molecule has 0 bridgehead atoms. The molecule has 6 heteroatoms. The quantitative estimate of drug-likeness (QED) is 0.619. The van der Waals surface area contributed by atoms with Crippen LogP contribution in [0.2, 0.25) is 0 Å². The van der Waals surface area contributed by atoms with Crippen molar-refractivity contribution in [1.82, 2.24) is 15.1 Å². The number of nitrogens with one attached hydrogen (secondary N) is 1. The Bertz CT molecular complexity index is 466. The van der Waals surface area contributed by atoms with E-state index in [4.69, 9.17) is 4.74 Å². The van der Waals surface area contributed by atoms with Gasteiger partial charge in [0.15, 0.2) is 0 Å². The van der Waals surface area contributed by atoms with Crippen LogP contribution in [0.25, 0.3) is 0 Å². The molecule has 0 radical (unpaired) electrons. The van der Waals surface area contributed by atoms with Gasteiger partial charge < -0.3 is 10.1 Å². The number of aryl methyl sites for hydroxylation is 2. The molecule has 1 aromatic heterocycles. The number of amides is 1. The van der Waals surface area contributed by atoms with Crippen molar-refractivity contribution >= 4 is 11.9 Å². The van der Waals surface area contributed by atoms with Crippen LogP contribution in [0.1, 0.15) is 41.5 Å². The van der Waals surface area contributed by atoms with Gasteiger partial charge >= 0.3 is 5.97 Å². The van der Waals surface area contributed by atoms with Gasteiger partial charge in [-0.25, -0.2) is 0 Å². The molecule has 0 saturated carbocycles. The zero-order valence-corrected chi connectivity index (χ0v) is 11.9. The fourth-order valence-corrected chi connectivity index (χ4v) is 1.86. The van der Waals surface area contributed by atoms with E-state index in [-0.39, 0.29) is 11.9 Å². The van der Waals surface area contributed by atoms with Gasteiger partial charge in [0, 0.05) is 25.7 Å². The van der Waals surface area contributed by atoms with Crippen molar-refractivity contribution in [3.63, 3.8) is 0 Å². The maximum absolute atomic E-state index is 12.0. The minimum atomic E-state index is -0.231. The first kappa shape index (κ1) is 15.2. The van der Waals surface area contributed by atoms with Crippen LogP contribution in [0.3, 0.4) is 0 Å². The van der Waals surface area contributed by atoms with Crippen LogP contribution in [-0.2, 0) is 16.6 Å². The number of rotatable bonds is 6. The minimum Gasteiger partial charge on any atom is -0.466 e. The number of carbonyl (C=O) groups is 2. The van der Waals surface area contributed by atoms with Gasteiger partial charge in [-0.15, -0.1) is 0 Å². The fraction of sp³-hybridized carbons (Fsp3) is 0.615. The van der Waals surface area contributed by atoms with E-state index in [9.17, 15) is 9.59 Å². The number of ether oxygens (including phenoxy) is 1. The lowest BCUT2D eigenvalue weighted by Gasteiger charge is -2.05. The van der Waals surface area contributed by atoms with Crippen LogP contribution in [0.15, 0.2) is 0 Å². The highest BCUT2D eigenvalue weighted by Gasteiger charge is 2.16. The summed E-state index contributed by atoms with van der Waals surface area (Å²) in [6.07, 6.45) is 0.891. The Kier molecular flexibility index (Phi) is 5.54. The van der Waals surface area contributed by atoms with Crippen LogP contribution >= 0.6 is 0 Å². The lowest BCUT2D eigenvalue weighted by Crippen LogP contribution is -2.26. The molecule has 19 heavy (non-hydrogen) atoms. The number of esters is 1. The summed E-state index contributed by atoms with van der Waals surface area (Å²) in [5.74, 6) is -0.377.